The molecular weight excluding hydrogens is 174 g/mol. The largest absolute Gasteiger partial charge is 0.490 e. The summed E-state index contributed by atoms with van der Waals surface area (Å²) in [6, 6.07) is 3.67. The van der Waals surface area contributed by atoms with Crippen LogP contribution in [0.15, 0.2) is 18.3 Å². The maximum Gasteiger partial charge on any atom is 0.171 e. The first-order valence-electron chi connectivity index (χ1n) is 4.09. The van der Waals surface area contributed by atoms with Gasteiger partial charge < -0.3 is 4.74 Å². The van der Waals surface area contributed by atoms with Gasteiger partial charge in [-0.3, -0.25) is 0 Å². The summed E-state index contributed by atoms with van der Waals surface area (Å²) in [4.78, 5) is 3.92. The van der Waals surface area contributed by atoms with Gasteiger partial charge in [0.2, 0.25) is 0 Å². The third-order valence-corrected chi connectivity index (χ3v) is 2.18. The van der Waals surface area contributed by atoms with Crippen molar-refractivity contribution >= 4 is 11.6 Å². The Morgan fingerprint density at radius 2 is 2.42 bits per heavy atom. The molecule has 1 aromatic heterocycles. The number of hydrogen-bond acceptors (Lipinski definition) is 2. The number of halogens is 1. The van der Waals surface area contributed by atoms with E-state index in [2.05, 4.69) is 4.98 Å². The molecule has 1 saturated carbocycles. The molecule has 0 unspecified atom stereocenters. The predicted octanol–water partition coefficient (Wildman–Crippen LogP) is 2.52. The summed E-state index contributed by atoms with van der Waals surface area (Å²) in [5, 5.41) is 0.457. The standard InChI is InChI=1S/C9H10ClNO/c10-9-8(2-1-5-11-9)12-6-7-3-4-7/h1-2,5,7H,3-4,6H2. The number of rotatable bonds is 3. The molecule has 2 rings (SSSR count). The summed E-state index contributed by atoms with van der Waals surface area (Å²) in [6.07, 6.45) is 4.24. The third kappa shape index (κ3) is 1.89. The highest BCUT2D eigenvalue weighted by Crippen LogP contribution is 2.30. The lowest BCUT2D eigenvalue weighted by Gasteiger charge is -2.04. The molecule has 1 aliphatic carbocycles. The zero-order chi connectivity index (χ0) is 8.39. The van der Waals surface area contributed by atoms with Crippen molar-refractivity contribution in [3.05, 3.63) is 23.5 Å². The molecule has 0 spiro atoms. The fraction of sp³-hybridized carbons (Fsp3) is 0.444. The molecule has 0 aromatic carbocycles. The minimum Gasteiger partial charge on any atom is -0.490 e. The summed E-state index contributed by atoms with van der Waals surface area (Å²) in [6.45, 7) is 0.783. The second kappa shape index (κ2) is 3.31. The molecule has 3 heteroatoms. The average Bonchev–Trinajstić information content (AvgIpc) is 2.86. The van der Waals surface area contributed by atoms with E-state index < -0.39 is 0 Å². The Kier molecular flexibility index (Phi) is 2.17. The number of nitrogens with zero attached hydrogens (tertiary/aromatic N) is 1. The Morgan fingerprint density at radius 3 is 3.08 bits per heavy atom. The van der Waals surface area contributed by atoms with Crippen LogP contribution in [0.1, 0.15) is 12.8 Å². The molecule has 1 aromatic rings. The Balaban J connectivity index is 1.96. The summed E-state index contributed by atoms with van der Waals surface area (Å²) >= 11 is 5.79. The van der Waals surface area contributed by atoms with Gasteiger partial charge in [0.05, 0.1) is 6.61 Å². The van der Waals surface area contributed by atoms with Crippen molar-refractivity contribution in [1.29, 1.82) is 0 Å². The molecule has 0 saturated heterocycles. The second-order valence-corrected chi connectivity index (χ2v) is 3.40. The maximum atomic E-state index is 5.79. The zero-order valence-corrected chi connectivity index (χ0v) is 7.42. The van der Waals surface area contributed by atoms with Crippen molar-refractivity contribution in [2.75, 3.05) is 6.61 Å². The highest BCUT2D eigenvalue weighted by atomic mass is 35.5. The van der Waals surface area contributed by atoms with Gasteiger partial charge in [-0.25, -0.2) is 4.98 Å². The van der Waals surface area contributed by atoms with Crippen molar-refractivity contribution in [1.82, 2.24) is 4.98 Å². The topological polar surface area (TPSA) is 22.1 Å². The van der Waals surface area contributed by atoms with Gasteiger partial charge in [0, 0.05) is 6.20 Å². The number of aromatic nitrogens is 1. The van der Waals surface area contributed by atoms with Gasteiger partial charge >= 0.3 is 0 Å². The lowest BCUT2D eigenvalue weighted by atomic mass is 10.4. The van der Waals surface area contributed by atoms with Gasteiger partial charge in [0.25, 0.3) is 0 Å². The van der Waals surface area contributed by atoms with Crippen LogP contribution in [0.4, 0.5) is 0 Å². The van der Waals surface area contributed by atoms with Gasteiger partial charge in [0.1, 0.15) is 0 Å². The van der Waals surface area contributed by atoms with E-state index in [0.29, 0.717) is 10.9 Å². The summed E-state index contributed by atoms with van der Waals surface area (Å²) in [7, 11) is 0. The smallest absolute Gasteiger partial charge is 0.171 e. The first-order chi connectivity index (χ1) is 5.86. The van der Waals surface area contributed by atoms with Crippen molar-refractivity contribution in [2.24, 2.45) is 5.92 Å². The van der Waals surface area contributed by atoms with Crippen LogP contribution in [-0.4, -0.2) is 11.6 Å². The van der Waals surface area contributed by atoms with Crippen LogP contribution in [0, 0.1) is 5.92 Å². The van der Waals surface area contributed by atoms with Crippen LogP contribution >= 0.6 is 11.6 Å². The van der Waals surface area contributed by atoms with E-state index in [-0.39, 0.29) is 0 Å². The monoisotopic (exact) mass is 183 g/mol. The number of pyridine rings is 1. The third-order valence-electron chi connectivity index (χ3n) is 1.90. The van der Waals surface area contributed by atoms with Gasteiger partial charge in [-0.1, -0.05) is 11.6 Å². The Labute approximate surface area is 76.5 Å². The van der Waals surface area contributed by atoms with E-state index in [9.17, 15) is 0 Å². The lowest BCUT2D eigenvalue weighted by Crippen LogP contribution is -1.99. The molecule has 0 amide bonds. The number of ether oxygens (including phenoxy) is 1. The van der Waals surface area contributed by atoms with Crippen LogP contribution in [0.3, 0.4) is 0 Å². The van der Waals surface area contributed by atoms with Crippen LogP contribution < -0.4 is 4.74 Å². The van der Waals surface area contributed by atoms with E-state index in [1.807, 2.05) is 12.1 Å². The van der Waals surface area contributed by atoms with E-state index >= 15 is 0 Å². The molecule has 1 aliphatic rings. The predicted molar refractivity (Wildman–Crippen MR) is 47.5 cm³/mol. The van der Waals surface area contributed by atoms with Crippen molar-refractivity contribution in [3.8, 4) is 5.75 Å². The van der Waals surface area contributed by atoms with E-state index in [1.54, 1.807) is 6.20 Å². The van der Waals surface area contributed by atoms with Crippen LogP contribution in [-0.2, 0) is 0 Å². The molecule has 2 nitrogen and oxygen atoms in total. The minimum absolute atomic E-state index is 0.457. The molecule has 1 fully saturated rings. The highest BCUT2D eigenvalue weighted by Gasteiger charge is 2.22. The normalized spacial score (nSPS) is 16.1. The van der Waals surface area contributed by atoms with Gasteiger partial charge in [-0.15, -0.1) is 0 Å². The first kappa shape index (κ1) is 7.87. The van der Waals surface area contributed by atoms with Gasteiger partial charge in [-0.05, 0) is 30.9 Å². The summed E-state index contributed by atoms with van der Waals surface area (Å²) < 4.78 is 5.47. The SMILES string of the molecule is Clc1ncccc1OCC1CC1. The molecule has 0 N–H and O–H groups in total. The lowest BCUT2D eigenvalue weighted by molar-refractivity contribution is 0.299. The van der Waals surface area contributed by atoms with Crippen LogP contribution in [0.2, 0.25) is 5.15 Å². The molecule has 64 valence electrons. The summed E-state index contributed by atoms with van der Waals surface area (Å²) in [5.41, 5.74) is 0. The van der Waals surface area contributed by atoms with E-state index in [1.165, 1.54) is 12.8 Å². The fourth-order valence-electron chi connectivity index (χ4n) is 0.971. The Morgan fingerprint density at radius 1 is 1.58 bits per heavy atom. The Bertz CT molecular complexity index is 273. The quantitative estimate of drug-likeness (QED) is 0.672. The van der Waals surface area contributed by atoms with Crippen LogP contribution in [0.5, 0.6) is 5.75 Å². The molecule has 0 atom stereocenters. The molecule has 0 bridgehead atoms. The number of hydrogen-bond donors (Lipinski definition) is 0. The maximum absolute atomic E-state index is 5.79. The summed E-state index contributed by atoms with van der Waals surface area (Å²) in [5.74, 6) is 1.45. The molecule has 0 radical (unpaired) electrons. The minimum atomic E-state index is 0.457. The molecular formula is C9H10ClNO. The molecule has 1 heterocycles. The molecule has 12 heavy (non-hydrogen) atoms. The van der Waals surface area contributed by atoms with Crippen molar-refractivity contribution in [2.45, 2.75) is 12.8 Å². The van der Waals surface area contributed by atoms with Gasteiger partial charge in [-0.2, -0.15) is 0 Å². The van der Waals surface area contributed by atoms with E-state index in [0.717, 1.165) is 12.5 Å². The zero-order valence-electron chi connectivity index (χ0n) is 6.66. The fourth-order valence-corrected chi connectivity index (χ4v) is 1.14. The highest BCUT2D eigenvalue weighted by molar-refractivity contribution is 6.30. The van der Waals surface area contributed by atoms with Crippen LogP contribution in [0.25, 0.3) is 0 Å². The average molecular weight is 184 g/mol. The van der Waals surface area contributed by atoms with E-state index in [4.69, 9.17) is 16.3 Å². The van der Waals surface area contributed by atoms with Crippen molar-refractivity contribution in [3.63, 3.8) is 0 Å². The van der Waals surface area contributed by atoms with Gasteiger partial charge in [0.15, 0.2) is 10.9 Å². The van der Waals surface area contributed by atoms with Crippen molar-refractivity contribution < 1.29 is 4.74 Å². The molecule has 0 aliphatic heterocycles. The Hall–Kier alpha value is -0.760. The second-order valence-electron chi connectivity index (χ2n) is 3.05. The first-order valence-corrected chi connectivity index (χ1v) is 4.47.